The van der Waals surface area contributed by atoms with Gasteiger partial charge in [-0.15, -0.1) is 0 Å². The Labute approximate surface area is 160 Å². The van der Waals surface area contributed by atoms with E-state index in [2.05, 4.69) is 39.8 Å². The molecule has 1 heterocycles. The van der Waals surface area contributed by atoms with E-state index in [1.165, 1.54) is 11.1 Å². The minimum atomic E-state index is 0.456. The maximum atomic E-state index is 5.95. The lowest BCUT2D eigenvalue weighted by Gasteiger charge is -2.33. The summed E-state index contributed by atoms with van der Waals surface area (Å²) < 4.78 is 0. The number of halogens is 1. The lowest BCUT2D eigenvalue weighted by molar-refractivity contribution is 0.199. The Kier molecular flexibility index (Phi) is 6.68. The van der Waals surface area contributed by atoms with Crippen LogP contribution in [0.25, 0.3) is 0 Å². The van der Waals surface area contributed by atoms with Crippen LogP contribution in [0.3, 0.4) is 0 Å². The summed E-state index contributed by atoms with van der Waals surface area (Å²) in [5.74, 6) is 0. The number of nitrogens with one attached hydrogen (secondary N) is 2. The molecule has 132 valence electrons. The second-order valence-corrected chi connectivity index (χ2v) is 7.33. The Morgan fingerprint density at radius 3 is 2.36 bits per heavy atom. The first kappa shape index (κ1) is 18.2. The molecule has 2 aromatic carbocycles. The Hall–Kier alpha value is -1.62. The molecule has 0 saturated carbocycles. The van der Waals surface area contributed by atoms with Gasteiger partial charge in [0.15, 0.2) is 5.11 Å². The van der Waals surface area contributed by atoms with Crippen LogP contribution in [-0.4, -0.2) is 29.1 Å². The molecule has 0 aromatic heterocycles. The van der Waals surface area contributed by atoms with Crippen LogP contribution in [-0.2, 0) is 13.1 Å². The molecule has 3 nitrogen and oxygen atoms in total. The maximum Gasteiger partial charge on any atom is 0.166 e. The van der Waals surface area contributed by atoms with Gasteiger partial charge in [0.2, 0.25) is 0 Å². The van der Waals surface area contributed by atoms with Crippen molar-refractivity contribution in [1.82, 2.24) is 15.5 Å². The predicted octanol–water partition coefficient (Wildman–Crippen LogP) is 3.97. The van der Waals surface area contributed by atoms with Gasteiger partial charge in [-0.05, 0) is 48.3 Å². The Morgan fingerprint density at radius 2 is 1.68 bits per heavy atom. The van der Waals surface area contributed by atoms with E-state index >= 15 is 0 Å². The van der Waals surface area contributed by atoms with Gasteiger partial charge in [-0.2, -0.15) is 0 Å². The van der Waals surface area contributed by atoms with Crippen molar-refractivity contribution in [2.24, 2.45) is 0 Å². The zero-order valence-corrected chi connectivity index (χ0v) is 15.8. The van der Waals surface area contributed by atoms with Gasteiger partial charge in [0.25, 0.3) is 0 Å². The highest BCUT2D eigenvalue weighted by molar-refractivity contribution is 7.80. The predicted molar refractivity (Wildman–Crippen MR) is 109 cm³/mol. The lowest BCUT2D eigenvalue weighted by Crippen LogP contribution is -2.47. The number of hydrogen-bond donors (Lipinski definition) is 2. The Balaban J connectivity index is 1.37. The smallest absolute Gasteiger partial charge is 0.166 e. The molecule has 0 aliphatic carbocycles. The third kappa shape index (κ3) is 5.99. The summed E-state index contributed by atoms with van der Waals surface area (Å²) in [5.41, 5.74) is 2.56. The maximum absolute atomic E-state index is 5.95. The van der Waals surface area contributed by atoms with Crippen molar-refractivity contribution in [2.45, 2.75) is 32.0 Å². The fourth-order valence-electron chi connectivity index (χ4n) is 3.10. The monoisotopic (exact) mass is 373 g/mol. The summed E-state index contributed by atoms with van der Waals surface area (Å²) in [4.78, 5) is 2.49. The van der Waals surface area contributed by atoms with E-state index in [0.29, 0.717) is 6.04 Å². The molecule has 0 atom stereocenters. The van der Waals surface area contributed by atoms with Crippen LogP contribution in [0, 0.1) is 0 Å². The number of rotatable bonds is 5. The number of likely N-dealkylation sites (tertiary alicyclic amines) is 1. The fourth-order valence-corrected chi connectivity index (χ4v) is 3.46. The van der Waals surface area contributed by atoms with Gasteiger partial charge in [-0.3, -0.25) is 4.90 Å². The Morgan fingerprint density at radius 1 is 1.00 bits per heavy atom. The first-order chi connectivity index (χ1) is 12.2. The molecule has 1 fully saturated rings. The molecule has 25 heavy (non-hydrogen) atoms. The molecule has 2 N–H and O–H groups in total. The average molecular weight is 374 g/mol. The number of nitrogens with zero attached hydrogens (tertiary/aromatic N) is 1. The summed E-state index contributed by atoms with van der Waals surface area (Å²) in [6.07, 6.45) is 2.22. The zero-order valence-electron chi connectivity index (χ0n) is 14.2. The lowest BCUT2D eigenvalue weighted by atomic mass is 10.0. The van der Waals surface area contributed by atoms with Gasteiger partial charge in [0.1, 0.15) is 0 Å². The van der Waals surface area contributed by atoms with E-state index in [1.54, 1.807) is 0 Å². The first-order valence-electron chi connectivity index (χ1n) is 8.74. The van der Waals surface area contributed by atoms with Gasteiger partial charge in [0.05, 0.1) is 0 Å². The SMILES string of the molecule is S=C(NCc1ccccc1)NC1CCN(Cc2ccc(Cl)cc2)CC1. The van der Waals surface area contributed by atoms with E-state index < -0.39 is 0 Å². The van der Waals surface area contributed by atoms with E-state index in [-0.39, 0.29) is 0 Å². The Bertz CT molecular complexity index is 667. The van der Waals surface area contributed by atoms with Gasteiger partial charge in [0, 0.05) is 37.2 Å². The fraction of sp³-hybridized carbons (Fsp3) is 0.350. The molecule has 0 amide bonds. The zero-order chi connectivity index (χ0) is 17.5. The van der Waals surface area contributed by atoms with Crippen LogP contribution >= 0.6 is 23.8 Å². The van der Waals surface area contributed by atoms with Crippen molar-refractivity contribution in [3.8, 4) is 0 Å². The summed E-state index contributed by atoms with van der Waals surface area (Å²) in [6.45, 7) is 3.92. The molecular formula is C20H24ClN3S. The summed E-state index contributed by atoms with van der Waals surface area (Å²) >= 11 is 11.4. The van der Waals surface area contributed by atoms with Crippen molar-refractivity contribution in [1.29, 1.82) is 0 Å². The summed E-state index contributed by atoms with van der Waals surface area (Å²) in [6, 6.07) is 18.9. The molecule has 0 radical (unpaired) electrons. The number of benzene rings is 2. The standard InChI is InChI=1S/C20H24ClN3S/c21-18-8-6-17(7-9-18)15-24-12-10-19(11-13-24)23-20(25)22-14-16-4-2-1-3-5-16/h1-9,19H,10-15H2,(H2,22,23,25). The number of hydrogen-bond acceptors (Lipinski definition) is 2. The molecule has 5 heteroatoms. The molecular weight excluding hydrogens is 350 g/mol. The molecule has 1 aliphatic rings. The van der Waals surface area contributed by atoms with Crippen molar-refractivity contribution in [2.75, 3.05) is 13.1 Å². The van der Waals surface area contributed by atoms with Crippen LogP contribution in [0.4, 0.5) is 0 Å². The summed E-state index contributed by atoms with van der Waals surface area (Å²) in [7, 11) is 0. The average Bonchev–Trinajstić information content (AvgIpc) is 2.64. The molecule has 1 aliphatic heterocycles. The van der Waals surface area contributed by atoms with Crippen LogP contribution in [0.1, 0.15) is 24.0 Å². The molecule has 2 aromatic rings. The largest absolute Gasteiger partial charge is 0.360 e. The van der Waals surface area contributed by atoms with Crippen LogP contribution < -0.4 is 10.6 Å². The molecule has 1 saturated heterocycles. The van der Waals surface area contributed by atoms with Crippen molar-refractivity contribution >= 4 is 28.9 Å². The minimum Gasteiger partial charge on any atom is -0.360 e. The van der Waals surface area contributed by atoms with E-state index in [1.807, 2.05) is 30.3 Å². The van der Waals surface area contributed by atoms with E-state index in [0.717, 1.165) is 49.2 Å². The van der Waals surface area contributed by atoms with Crippen molar-refractivity contribution in [3.63, 3.8) is 0 Å². The van der Waals surface area contributed by atoms with Gasteiger partial charge in [-0.25, -0.2) is 0 Å². The molecule has 3 rings (SSSR count). The van der Waals surface area contributed by atoms with Gasteiger partial charge in [-0.1, -0.05) is 54.1 Å². The highest BCUT2D eigenvalue weighted by Gasteiger charge is 2.19. The third-order valence-electron chi connectivity index (χ3n) is 4.54. The normalized spacial score (nSPS) is 15.7. The molecule has 0 spiro atoms. The van der Waals surface area contributed by atoms with E-state index in [9.17, 15) is 0 Å². The minimum absolute atomic E-state index is 0.456. The highest BCUT2D eigenvalue weighted by Crippen LogP contribution is 2.16. The van der Waals surface area contributed by atoms with Crippen molar-refractivity contribution in [3.05, 3.63) is 70.7 Å². The highest BCUT2D eigenvalue weighted by atomic mass is 35.5. The van der Waals surface area contributed by atoms with Gasteiger partial charge >= 0.3 is 0 Å². The van der Waals surface area contributed by atoms with Crippen LogP contribution in [0.2, 0.25) is 5.02 Å². The van der Waals surface area contributed by atoms with Crippen LogP contribution in [0.15, 0.2) is 54.6 Å². The quantitative estimate of drug-likeness (QED) is 0.775. The first-order valence-corrected chi connectivity index (χ1v) is 9.53. The summed E-state index contributed by atoms with van der Waals surface area (Å²) in [5, 5.41) is 8.30. The molecule has 0 unspecified atom stereocenters. The van der Waals surface area contributed by atoms with E-state index in [4.69, 9.17) is 23.8 Å². The second kappa shape index (κ2) is 9.18. The third-order valence-corrected chi connectivity index (χ3v) is 5.05. The van der Waals surface area contributed by atoms with Crippen molar-refractivity contribution < 1.29 is 0 Å². The second-order valence-electron chi connectivity index (χ2n) is 6.49. The number of thiocarbonyl (C=S) groups is 1. The number of piperidine rings is 1. The molecule has 0 bridgehead atoms. The topological polar surface area (TPSA) is 27.3 Å². The van der Waals surface area contributed by atoms with Crippen LogP contribution in [0.5, 0.6) is 0 Å². The van der Waals surface area contributed by atoms with Gasteiger partial charge < -0.3 is 10.6 Å².